The number of rotatable bonds is 3. The van der Waals surface area contributed by atoms with Gasteiger partial charge in [0.2, 0.25) is 0 Å². The number of aromatic amines is 1. The summed E-state index contributed by atoms with van der Waals surface area (Å²) in [7, 11) is 0. The first-order chi connectivity index (χ1) is 14.5. The number of aromatic nitrogens is 2. The fourth-order valence-corrected chi connectivity index (χ4v) is 3.08. The number of nitrogens with zero attached hydrogens (tertiary/aromatic N) is 3. The summed E-state index contributed by atoms with van der Waals surface area (Å²) in [5, 5.41) is 16.4. The van der Waals surface area contributed by atoms with Gasteiger partial charge in [-0.1, -0.05) is 18.2 Å². The van der Waals surface area contributed by atoms with E-state index in [9.17, 15) is 28.0 Å². The first-order valence-corrected chi connectivity index (χ1v) is 9.15. The van der Waals surface area contributed by atoms with Gasteiger partial charge in [0.1, 0.15) is 5.82 Å². The molecule has 0 aliphatic carbocycles. The Balaban J connectivity index is 0.000000423. The zero-order valence-electron chi connectivity index (χ0n) is 16.2. The molecule has 0 bridgehead atoms. The van der Waals surface area contributed by atoms with Gasteiger partial charge in [0, 0.05) is 25.2 Å². The van der Waals surface area contributed by atoms with Gasteiger partial charge in [-0.15, -0.1) is 0 Å². The van der Waals surface area contributed by atoms with E-state index in [1.54, 1.807) is 12.1 Å². The molecule has 0 spiro atoms. The molecule has 12 heteroatoms. The van der Waals surface area contributed by atoms with Crippen LogP contribution in [0.25, 0.3) is 0 Å². The number of piperidine rings is 1. The number of nitriles is 1. The van der Waals surface area contributed by atoms with Crippen LogP contribution in [-0.2, 0) is 11.3 Å². The van der Waals surface area contributed by atoms with Crippen molar-refractivity contribution >= 4 is 11.8 Å². The second-order valence-electron chi connectivity index (χ2n) is 6.80. The van der Waals surface area contributed by atoms with Gasteiger partial charge in [-0.05, 0) is 24.5 Å². The van der Waals surface area contributed by atoms with Gasteiger partial charge in [0.15, 0.2) is 0 Å². The van der Waals surface area contributed by atoms with E-state index in [0.29, 0.717) is 17.9 Å². The maximum atomic E-state index is 12.4. The molecule has 1 aromatic carbocycles. The van der Waals surface area contributed by atoms with Crippen molar-refractivity contribution in [1.29, 1.82) is 5.26 Å². The number of carbonyl (C=O) groups is 1. The molecule has 31 heavy (non-hydrogen) atoms. The first kappa shape index (κ1) is 23.7. The van der Waals surface area contributed by atoms with Crippen LogP contribution in [-0.4, -0.2) is 45.9 Å². The molecular formula is C19H20F3N5O4. The van der Waals surface area contributed by atoms with Crippen molar-refractivity contribution in [2.45, 2.75) is 31.6 Å². The molecule has 2 aromatic rings. The molecule has 0 saturated carbocycles. The molecule has 0 amide bonds. The van der Waals surface area contributed by atoms with Crippen LogP contribution < -0.4 is 21.9 Å². The predicted molar refractivity (Wildman–Crippen MR) is 105 cm³/mol. The Morgan fingerprint density at radius 3 is 2.55 bits per heavy atom. The normalized spacial score (nSPS) is 16.1. The average Bonchev–Trinajstić information content (AvgIpc) is 2.70. The molecule has 4 N–H and O–H groups in total. The number of alkyl halides is 3. The summed E-state index contributed by atoms with van der Waals surface area (Å²) in [5.41, 5.74) is 6.36. The average molecular weight is 439 g/mol. The topological polar surface area (TPSA) is 145 Å². The summed E-state index contributed by atoms with van der Waals surface area (Å²) in [4.78, 5) is 37.3. The third-order valence-electron chi connectivity index (χ3n) is 4.50. The lowest BCUT2D eigenvalue weighted by Crippen LogP contribution is -2.46. The van der Waals surface area contributed by atoms with Gasteiger partial charge >= 0.3 is 17.8 Å². The van der Waals surface area contributed by atoms with Crippen molar-refractivity contribution in [1.82, 2.24) is 9.55 Å². The largest absolute Gasteiger partial charge is 0.490 e. The predicted octanol–water partition coefficient (Wildman–Crippen LogP) is 1.02. The molecule has 0 radical (unpaired) electrons. The highest BCUT2D eigenvalue weighted by Crippen LogP contribution is 2.19. The minimum Gasteiger partial charge on any atom is -0.475 e. The Morgan fingerprint density at radius 1 is 1.32 bits per heavy atom. The molecule has 3 rings (SSSR count). The zero-order chi connectivity index (χ0) is 23.2. The lowest BCUT2D eigenvalue weighted by atomic mass is 10.1. The lowest BCUT2D eigenvalue weighted by molar-refractivity contribution is -0.192. The summed E-state index contributed by atoms with van der Waals surface area (Å²) < 4.78 is 33.2. The van der Waals surface area contributed by atoms with Crippen LogP contribution in [0.15, 0.2) is 39.9 Å². The lowest BCUT2D eigenvalue weighted by Gasteiger charge is -2.33. The van der Waals surface area contributed by atoms with Crippen molar-refractivity contribution in [3.8, 4) is 6.07 Å². The molecule has 2 heterocycles. The van der Waals surface area contributed by atoms with Crippen LogP contribution >= 0.6 is 0 Å². The Bertz CT molecular complexity index is 1090. The number of hydrogen-bond donors (Lipinski definition) is 3. The van der Waals surface area contributed by atoms with Crippen molar-refractivity contribution in [2.75, 3.05) is 18.0 Å². The van der Waals surface area contributed by atoms with E-state index in [-0.39, 0.29) is 12.6 Å². The summed E-state index contributed by atoms with van der Waals surface area (Å²) >= 11 is 0. The summed E-state index contributed by atoms with van der Waals surface area (Å²) in [6, 6.07) is 10.7. The number of halogens is 3. The number of carboxylic acid groups (broad SMARTS) is 1. The number of carboxylic acids is 1. The van der Waals surface area contributed by atoms with E-state index in [4.69, 9.17) is 15.6 Å². The number of hydrogen-bond acceptors (Lipinski definition) is 6. The molecule has 1 saturated heterocycles. The van der Waals surface area contributed by atoms with Gasteiger partial charge < -0.3 is 15.7 Å². The molecule has 9 nitrogen and oxygen atoms in total. The minimum absolute atomic E-state index is 0.0213. The fourth-order valence-electron chi connectivity index (χ4n) is 3.08. The van der Waals surface area contributed by atoms with Crippen molar-refractivity contribution < 1.29 is 23.1 Å². The number of nitrogens with two attached hydrogens (primary N) is 1. The minimum atomic E-state index is -5.08. The number of aliphatic carboxylic acids is 1. The molecule has 0 unspecified atom stereocenters. The van der Waals surface area contributed by atoms with Gasteiger partial charge in [-0.25, -0.2) is 9.59 Å². The van der Waals surface area contributed by atoms with Crippen LogP contribution in [0.3, 0.4) is 0 Å². The number of H-pyrrole nitrogens is 1. The zero-order valence-corrected chi connectivity index (χ0v) is 16.2. The third kappa shape index (κ3) is 6.45. The number of nitrogens with one attached hydrogen (secondary N) is 1. The highest BCUT2D eigenvalue weighted by Gasteiger charge is 2.38. The second kappa shape index (κ2) is 9.94. The highest BCUT2D eigenvalue weighted by molar-refractivity contribution is 5.73. The van der Waals surface area contributed by atoms with E-state index in [1.807, 2.05) is 17.0 Å². The van der Waals surface area contributed by atoms with Crippen LogP contribution in [0.5, 0.6) is 0 Å². The van der Waals surface area contributed by atoms with Gasteiger partial charge in [0.25, 0.3) is 5.56 Å². The monoisotopic (exact) mass is 439 g/mol. The van der Waals surface area contributed by atoms with Crippen LogP contribution in [0.1, 0.15) is 24.0 Å². The van der Waals surface area contributed by atoms with Gasteiger partial charge in [0.05, 0.1) is 18.2 Å². The Hall–Kier alpha value is -3.59. The summed E-state index contributed by atoms with van der Waals surface area (Å²) in [5.74, 6) is -2.21. The molecule has 166 valence electrons. The van der Waals surface area contributed by atoms with Crippen molar-refractivity contribution in [2.24, 2.45) is 5.73 Å². The van der Waals surface area contributed by atoms with E-state index < -0.39 is 23.4 Å². The molecular weight excluding hydrogens is 419 g/mol. The standard InChI is InChI=1S/C17H19N5O2.C2HF3O2/c18-9-12-4-1-2-5-13(12)10-22-16(8-15(23)20-17(22)24)21-7-3-6-14(19)11-21;3-2(4,5)1(6)7/h1-2,4-5,8,14H,3,6-7,10-11,19H2,(H,20,23,24);(H,6,7)/t14-;/m1./s1. The number of anilines is 1. The molecule has 1 aromatic heterocycles. The van der Waals surface area contributed by atoms with Crippen molar-refractivity contribution in [3.63, 3.8) is 0 Å². The van der Waals surface area contributed by atoms with Crippen LogP contribution in [0.4, 0.5) is 19.0 Å². The summed E-state index contributed by atoms with van der Waals surface area (Å²) in [6.45, 7) is 1.57. The number of benzene rings is 1. The van der Waals surface area contributed by atoms with Crippen LogP contribution in [0, 0.1) is 11.3 Å². The summed E-state index contributed by atoms with van der Waals surface area (Å²) in [6.07, 6.45) is -3.24. The van der Waals surface area contributed by atoms with Crippen molar-refractivity contribution in [3.05, 3.63) is 62.3 Å². The maximum absolute atomic E-state index is 12.4. The van der Waals surface area contributed by atoms with Gasteiger partial charge in [-0.3, -0.25) is 14.3 Å². The van der Waals surface area contributed by atoms with Crippen LogP contribution in [0.2, 0.25) is 0 Å². The van der Waals surface area contributed by atoms with E-state index >= 15 is 0 Å². The highest BCUT2D eigenvalue weighted by atomic mass is 19.4. The molecule has 1 fully saturated rings. The molecule has 1 aliphatic heterocycles. The quantitative estimate of drug-likeness (QED) is 0.647. The van der Waals surface area contributed by atoms with E-state index in [0.717, 1.165) is 24.9 Å². The SMILES string of the molecule is N#Cc1ccccc1Cn1c(N2CCC[C@@H](N)C2)cc(=O)[nH]c1=O.O=C(O)C(F)(F)F. The Kier molecular flexibility index (Phi) is 7.60. The molecule has 1 aliphatic rings. The van der Waals surface area contributed by atoms with Gasteiger partial charge in [-0.2, -0.15) is 18.4 Å². The second-order valence-corrected chi connectivity index (χ2v) is 6.80. The third-order valence-corrected chi connectivity index (χ3v) is 4.50. The molecule has 1 atom stereocenters. The Morgan fingerprint density at radius 2 is 1.97 bits per heavy atom. The fraction of sp³-hybridized carbons (Fsp3) is 0.368. The Labute approximate surface area is 174 Å². The first-order valence-electron chi connectivity index (χ1n) is 9.15. The smallest absolute Gasteiger partial charge is 0.475 e. The maximum Gasteiger partial charge on any atom is 0.490 e. The van der Waals surface area contributed by atoms with E-state index in [2.05, 4.69) is 11.1 Å². The van der Waals surface area contributed by atoms with E-state index in [1.165, 1.54) is 10.6 Å².